The Balaban J connectivity index is 1.85. The summed E-state index contributed by atoms with van der Waals surface area (Å²) in [6, 6.07) is 20.0. The first-order valence-corrected chi connectivity index (χ1v) is 9.49. The molecule has 0 radical (unpaired) electrons. The number of benzene rings is 3. The van der Waals surface area contributed by atoms with Crippen molar-refractivity contribution in [3.05, 3.63) is 98.1 Å². The summed E-state index contributed by atoms with van der Waals surface area (Å²) < 4.78 is 12.0. The Morgan fingerprint density at radius 3 is 2.29 bits per heavy atom. The van der Waals surface area contributed by atoms with E-state index < -0.39 is 0 Å². The topological polar surface area (TPSA) is 39.4 Å². The Bertz CT molecular complexity index is 1190. The molecule has 0 bridgehead atoms. The molecular formula is C23H16Cl2O3. The minimum atomic E-state index is -0.236. The summed E-state index contributed by atoms with van der Waals surface area (Å²) in [5.74, 6) is 0.519. The van der Waals surface area contributed by atoms with Gasteiger partial charge in [0.2, 0.25) is 11.2 Å². The molecule has 28 heavy (non-hydrogen) atoms. The fourth-order valence-corrected chi connectivity index (χ4v) is 3.47. The summed E-state index contributed by atoms with van der Waals surface area (Å²) in [7, 11) is 0. The van der Waals surface area contributed by atoms with Crippen LogP contribution in [0, 0.1) is 6.92 Å². The molecule has 5 heteroatoms. The van der Waals surface area contributed by atoms with Crippen LogP contribution >= 0.6 is 23.2 Å². The average Bonchev–Trinajstić information content (AvgIpc) is 2.69. The highest BCUT2D eigenvalue weighted by Crippen LogP contribution is 2.33. The molecule has 3 nitrogen and oxygen atoms in total. The van der Waals surface area contributed by atoms with E-state index in [0.29, 0.717) is 32.3 Å². The van der Waals surface area contributed by atoms with Gasteiger partial charge in [-0.3, -0.25) is 4.79 Å². The first kappa shape index (κ1) is 18.6. The first-order chi connectivity index (χ1) is 13.5. The molecule has 0 aliphatic heterocycles. The standard InChI is InChI=1S/C23H16Cl2O3/c1-14-9-11-15(12-10-14)22-23(21(26)16-5-2-3-8-20(16)28-22)27-13-17-18(24)6-4-7-19(17)25/h2-12H,13H2,1H3. The molecule has 0 amide bonds. The second kappa shape index (κ2) is 7.70. The Morgan fingerprint density at radius 1 is 0.893 bits per heavy atom. The van der Waals surface area contributed by atoms with E-state index in [-0.39, 0.29) is 17.8 Å². The Morgan fingerprint density at radius 2 is 1.57 bits per heavy atom. The molecule has 4 aromatic rings. The van der Waals surface area contributed by atoms with E-state index in [1.165, 1.54) is 0 Å². The van der Waals surface area contributed by atoms with Crippen molar-refractivity contribution in [2.24, 2.45) is 0 Å². The van der Waals surface area contributed by atoms with Crippen molar-refractivity contribution in [3.63, 3.8) is 0 Å². The summed E-state index contributed by atoms with van der Waals surface area (Å²) in [6.45, 7) is 2.05. The fraction of sp³-hybridized carbons (Fsp3) is 0.0870. The number of hydrogen-bond acceptors (Lipinski definition) is 3. The zero-order valence-corrected chi connectivity index (χ0v) is 16.6. The van der Waals surface area contributed by atoms with Gasteiger partial charge in [-0.25, -0.2) is 0 Å². The van der Waals surface area contributed by atoms with Crippen LogP contribution in [0.1, 0.15) is 11.1 Å². The first-order valence-electron chi connectivity index (χ1n) is 8.73. The molecule has 0 aliphatic carbocycles. The number of halogens is 2. The van der Waals surface area contributed by atoms with Gasteiger partial charge in [0.15, 0.2) is 5.76 Å². The van der Waals surface area contributed by atoms with Crippen molar-refractivity contribution in [2.75, 3.05) is 0 Å². The van der Waals surface area contributed by atoms with Gasteiger partial charge in [0.25, 0.3) is 0 Å². The van der Waals surface area contributed by atoms with E-state index in [2.05, 4.69) is 0 Å². The molecule has 0 atom stereocenters. The van der Waals surface area contributed by atoms with E-state index >= 15 is 0 Å². The predicted molar refractivity (Wildman–Crippen MR) is 113 cm³/mol. The fourth-order valence-electron chi connectivity index (χ4n) is 2.97. The van der Waals surface area contributed by atoms with E-state index in [1.54, 1.807) is 36.4 Å². The normalized spacial score (nSPS) is 11.0. The molecule has 0 saturated heterocycles. The Hall–Kier alpha value is -2.75. The van der Waals surface area contributed by atoms with Gasteiger partial charge in [0, 0.05) is 21.2 Å². The summed E-state index contributed by atoms with van der Waals surface area (Å²) in [5.41, 5.74) is 2.76. The summed E-state index contributed by atoms with van der Waals surface area (Å²) >= 11 is 12.5. The molecule has 0 spiro atoms. The lowest BCUT2D eigenvalue weighted by Crippen LogP contribution is -2.10. The van der Waals surface area contributed by atoms with Crippen LogP contribution in [0.25, 0.3) is 22.3 Å². The molecule has 4 rings (SSSR count). The van der Waals surface area contributed by atoms with Gasteiger partial charge in [0.05, 0.1) is 5.39 Å². The van der Waals surface area contributed by atoms with Crippen molar-refractivity contribution >= 4 is 34.2 Å². The molecular weight excluding hydrogens is 395 g/mol. The van der Waals surface area contributed by atoms with Crippen LogP contribution in [-0.2, 0) is 6.61 Å². The zero-order valence-electron chi connectivity index (χ0n) is 15.0. The highest BCUT2D eigenvalue weighted by Gasteiger charge is 2.18. The van der Waals surface area contributed by atoms with Gasteiger partial charge in [-0.1, -0.05) is 71.2 Å². The Kier molecular flexibility index (Phi) is 5.12. The zero-order chi connectivity index (χ0) is 19.7. The maximum Gasteiger partial charge on any atom is 0.235 e. The van der Waals surface area contributed by atoms with Crippen LogP contribution in [0.4, 0.5) is 0 Å². The van der Waals surface area contributed by atoms with Crippen LogP contribution in [0.5, 0.6) is 5.75 Å². The van der Waals surface area contributed by atoms with Crippen molar-refractivity contribution in [1.29, 1.82) is 0 Å². The summed E-state index contributed by atoms with van der Waals surface area (Å²) in [6.07, 6.45) is 0. The van der Waals surface area contributed by atoms with E-state index in [9.17, 15) is 4.79 Å². The number of rotatable bonds is 4. The van der Waals surface area contributed by atoms with Crippen molar-refractivity contribution in [2.45, 2.75) is 13.5 Å². The SMILES string of the molecule is Cc1ccc(-c2oc3ccccc3c(=O)c2OCc2c(Cl)cccc2Cl)cc1. The second-order valence-electron chi connectivity index (χ2n) is 6.44. The van der Waals surface area contributed by atoms with Crippen molar-refractivity contribution < 1.29 is 9.15 Å². The number of para-hydroxylation sites is 1. The minimum Gasteiger partial charge on any atom is -0.481 e. The molecule has 1 aromatic heterocycles. The van der Waals surface area contributed by atoms with Gasteiger partial charge < -0.3 is 9.15 Å². The van der Waals surface area contributed by atoms with Gasteiger partial charge in [-0.05, 0) is 31.2 Å². The third-order valence-corrected chi connectivity index (χ3v) is 5.20. The second-order valence-corrected chi connectivity index (χ2v) is 7.25. The third kappa shape index (κ3) is 3.51. The summed E-state index contributed by atoms with van der Waals surface area (Å²) in [4.78, 5) is 13.1. The molecule has 140 valence electrons. The van der Waals surface area contributed by atoms with Crippen LogP contribution in [0.15, 0.2) is 75.9 Å². The highest BCUT2D eigenvalue weighted by molar-refractivity contribution is 6.35. The minimum absolute atomic E-state index is 0.0560. The van der Waals surface area contributed by atoms with Crippen molar-refractivity contribution in [1.82, 2.24) is 0 Å². The smallest absolute Gasteiger partial charge is 0.235 e. The predicted octanol–water partition coefficient (Wildman–Crippen LogP) is 6.65. The monoisotopic (exact) mass is 410 g/mol. The van der Waals surface area contributed by atoms with Crippen LogP contribution in [0.2, 0.25) is 10.0 Å². The van der Waals surface area contributed by atoms with Crippen LogP contribution in [-0.4, -0.2) is 0 Å². The molecule has 0 fully saturated rings. The van der Waals surface area contributed by atoms with Gasteiger partial charge in [0.1, 0.15) is 12.2 Å². The van der Waals surface area contributed by atoms with Crippen LogP contribution < -0.4 is 10.2 Å². The third-order valence-electron chi connectivity index (χ3n) is 4.49. The molecule has 0 saturated carbocycles. The number of fused-ring (bicyclic) bond motifs is 1. The van der Waals surface area contributed by atoms with Gasteiger partial charge >= 0.3 is 0 Å². The molecule has 0 unspecified atom stereocenters. The highest BCUT2D eigenvalue weighted by atomic mass is 35.5. The quantitative estimate of drug-likeness (QED) is 0.377. The maximum absolute atomic E-state index is 13.1. The number of hydrogen-bond donors (Lipinski definition) is 0. The average molecular weight is 411 g/mol. The number of ether oxygens (including phenoxy) is 1. The number of aryl methyl sites for hydroxylation is 1. The lowest BCUT2D eigenvalue weighted by molar-refractivity contribution is 0.298. The van der Waals surface area contributed by atoms with E-state index in [1.807, 2.05) is 37.3 Å². The summed E-state index contributed by atoms with van der Waals surface area (Å²) in [5, 5.41) is 1.42. The molecule has 0 N–H and O–H groups in total. The van der Waals surface area contributed by atoms with Gasteiger partial charge in [-0.2, -0.15) is 0 Å². The van der Waals surface area contributed by atoms with Crippen LogP contribution in [0.3, 0.4) is 0 Å². The largest absolute Gasteiger partial charge is 0.481 e. The van der Waals surface area contributed by atoms with Gasteiger partial charge in [-0.15, -0.1) is 0 Å². The maximum atomic E-state index is 13.1. The molecule has 1 heterocycles. The van der Waals surface area contributed by atoms with E-state index in [0.717, 1.165) is 11.1 Å². The van der Waals surface area contributed by atoms with Crippen molar-refractivity contribution in [3.8, 4) is 17.1 Å². The van der Waals surface area contributed by atoms with E-state index in [4.69, 9.17) is 32.4 Å². The molecule has 0 aliphatic rings. The molecule has 3 aromatic carbocycles. The lowest BCUT2D eigenvalue weighted by atomic mass is 10.1. The Labute approximate surface area is 172 Å². The lowest BCUT2D eigenvalue weighted by Gasteiger charge is -2.13.